The van der Waals surface area contributed by atoms with E-state index >= 15 is 0 Å². The van der Waals surface area contributed by atoms with Crippen LogP contribution in [0.1, 0.15) is 18.4 Å². The van der Waals surface area contributed by atoms with Crippen molar-refractivity contribution in [3.63, 3.8) is 0 Å². The maximum absolute atomic E-state index is 6.11. The zero-order valence-electron chi connectivity index (χ0n) is 15.6. The fourth-order valence-corrected chi connectivity index (χ4v) is 3.90. The average Bonchev–Trinajstić information content (AvgIpc) is 2.75. The van der Waals surface area contributed by atoms with Crippen LogP contribution in [0.3, 0.4) is 0 Å². The van der Waals surface area contributed by atoms with E-state index in [1.807, 2.05) is 12.1 Å². The topological polar surface area (TPSA) is 34.1 Å². The van der Waals surface area contributed by atoms with E-state index in [2.05, 4.69) is 64.9 Å². The van der Waals surface area contributed by atoms with Crippen LogP contribution in [-0.4, -0.2) is 24.7 Å². The van der Waals surface area contributed by atoms with E-state index in [1.54, 1.807) is 12.4 Å². The minimum Gasteiger partial charge on any atom is -0.491 e. The molecule has 2 aromatic carbocycles. The molecule has 1 aliphatic rings. The molecule has 0 radical (unpaired) electrons. The molecule has 3 nitrogen and oxygen atoms in total. The van der Waals surface area contributed by atoms with Crippen molar-refractivity contribution in [3.05, 3.63) is 84.7 Å². The summed E-state index contributed by atoms with van der Waals surface area (Å²) in [4.78, 5) is 4.15. The maximum atomic E-state index is 6.11. The summed E-state index contributed by atoms with van der Waals surface area (Å²) in [6.07, 6.45) is 6.96. The van der Waals surface area contributed by atoms with Gasteiger partial charge in [-0.3, -0.25) is 4.98 Å². The number of nitrogens with one attached hydrogen (secondary N) is 1. The molecule has 0 amide bonds. The van der Waals surface area contributed by atoms with Crippen LogP contribution in [0, 0.1) is 5.41 Å². The van der Waals surface area contributed by atoms with Crippen molar-refractivity contribution < 1.29 is 4.74 Å². The predicted octanol–water partition coefficient (Wildman–Crippen LogP) is 4.74. The van der Waals surface area contributed by atoms with Crippen molar-refractivity contribution in [2.75, 3.05) is 19.7 Å². The second kappa shape index (κ2) is 8.36. The van der Waals surface area contributed by atoms with Crippen molar-refractivity contribution in [3.8, 4) is 16.9 Å². The number of pyridine rings is 1. The average molecular weight is 358 g/mol. The molecule has 1 atom stereocenters. The van der Waals surface area contributed by atoms with E-state index in [9.17, 15) is 0 Å². The molecule has 138 valence electrons. The lowest BCUT2D eigenvalue weighted by Crippen LogP contribution is -2.45. The fourth-order valence-electron chi connectivity index (χ4n) is 3.90. The highest BCUT2D eigenvalue weighted by atomic mass is 16.5. The molecule has 0 saturated carbocycles. The number of piperidine rings is 1. The lowest BCUT2D eigenvalue weighted by atomic mass is 9.76. The van der Waals surface area contributed by atoms with E-state index in [1.165, 1.54) is 29.5 Å². The number of rotatable bonds is 6. The van der Waals surface area contributed by atoms with E-state index in [0.717, 1.165) is 25.3 Å². The first-order valence-electron chi connectivity index (χ1n) is 9.71. The zero-order valence-corrected chi connectivity index (χ0v) is 15.6. The minimum absolute atomic E-state index is 0.127. The van der Waals surface area contributed by atoms with Crippen LogP contribution in [0.4, 0.5) is 0 Å². The molecule has 1 fully saturated rings. The molecule has 1 aromatic heterocycles. The maximum Gasteiger partial charge on any atom is 0.137 e. The molecule has 1 N–H and O–H groups in total. The van der Waals surface area contributed by atoms with Crippen LogP contribution in [-0.2, 0) is 6.42 Å². The zero-order chi connectivity index (χ0) is 18.4. The van der Waals surface area contributed by atoms with Crippen LogP contribution in [0.5, 0.6) is 5.75 Å². The third-order valence-corrected chi connectivity index (χ3v) is 5.38. The molecule has 3 heteroatoms. The summed E-state index contributed by atoms with van der Waals surface area (Å²) >= 11 is 0. The standard InChI is InChI=1S/C24H26N2O/c1-2-6-21(7-3-1)22-11-9-20(10-12-22)16-24(13-5-15-26-18-24)19-27-23-8-4-14-25-17-23/h1-4,6-12,14,17,26H,5,13,15-16,18-19H2. The van der Waals surface area contributed by atoms with Gasteiger partial charge in [0.25, 0.3) is 0 Å². The van der Waals surface area contributed by atoms with E-state index in [4.69, 9.17) is 4.74 Å². The van der Waals surface area contributed by atoms with Gasteiger partial charge in [-0.15, -0.1) is 0 Å². The predicted molar refractivity (Wildman–Crippen MR) is 110 cm³/mol. The van der Waals surface area contributed by atoms with Crippen molar-refractivity contribution in [2.45, 2.75) is 19.3 Å². The number of nitrogens with zero attached hydrogens (tertiary/aromatic N) is 1. The van der Waals surface area contributed by atoms with Gasteiger partial charge >= 0.3 is 0 Å². The molecule has 27 heavy (non-hydrogen) atoms. The van der Waals surface area contributed by atoms with Crippen LogP contribution in [0.25, 0.3) is 11.1 Å². The molecule has 2 heterocycles. The Balaban J connectivity index is 1.48. The molecule has 4 rings (SSSR count). The first kappa shape index (κ1) is 17.7. The second-order valence-corrected chi connectivity index (χ2v) is 7.50. The monoisotopic (exact) mass is 358 g/mol. The van der Waals surface area contributed by atoms with Gasteiger partial charge in [-0.05, 0) is 54.6 Å². The number of hydrogen-bond acceptors (Lipinski definition) is 3. The van der Waals surface area contributed by atoms with Gasteiger partial charge in [-0.25, -0.2) is 0 Å². The van der Waals surface area contributed by atoms with Gasteiger partial charge in [0.2, 0.25) is 0 Å². The molecule has 0 aliphatic carbocycles. The Morgan fingerprint density at radius 1 is 0.926 bits per heavy atom. The fraction of sp³-hybridized carbons (Fsp3) is 0.292. The van der Waals surface area contributed by atoms with Crippen LogP contribution < -0.4 is 10.1 Å². The normalized spacial score (nSPS) is 19.6. The number of hydrogen-bond donors (Lipinski definition) is 1. The molecule has 0 spiro atoms. The van der Waals surface area contributed by atoms with E-state index in [0.29, 0.717) is 6.61 Å². The summed E-state index contributed by atoms with van der Waals surface area (Å²) in [6.45, 7) is 2.81. The Hall–Kier alpha value is -2.65. The Morgan fingerprint density at radius 2 is 1.74 bits per heavy atom. The Bertz CT molecular complexity index is 825. The van der Waals surface area contributed by atoms with E-state index in [-0.39, 0.29) is 5.41 Å². The minimum atomic E-state index is 0.127. The van der Waals surface area contributed by atoms with Crippen molar-refractivity contribution in [1.82, 2.24) is 10.3 Å². The number of ether oxygens (including phenoxy) is 1. The van der Waals surface area contributed by atoms with Crippen molar-refractivity contribution in [1.29, 1.82) is 0 Å². The van der Waals surface area contributed by atoms with Gasteiger partial charge in [0.15, 0.2) is 0 Å². The highest BCUT2D eigenvalue weighted by Gasteiger charge is 2.33. The molecule has 1 aliphatic heterocycles. The second-order valence-electron chi connectivity index (χ2n) is 7.50. The van der Waals surface area contributed by atoms with E-state index < -0.39 is 0 Å². The summed E-state index contributed by atoms with van der Waals surface area (Å²) < 4.78 is 6.11. The Kier molecular flexibility index (Phi) is 5.50. The highest BCUT2D eigenvalue weighted by Crippen LogP contribution is 2.32. The first-order chi connectivity index (χ1) is 13.3. The third-order valence-electron chi connectivity index (χ3n) is 5.38. The number of benzene rings is 2. The molecular weight excluding hydrogens is 332 g/mol. The SMILES string of the molecule is c1ccc(-c2ccc(CC3(COc4cccnc4)CCCNC3)cc2)cc1. The summed E-state index contributed by atoms with van der Waals surface area (Å²) in [7, 11) is 0. The number of aromatic nitrogens is 1. The lowest BCUT2D eigenvalue weighted by Gasteiger charge is -2.37. The summed E-state index contributed by atoms with van der Waals surface area (Å²) in [5.74, 6) is 0.849. The lowest BCUT2D eigenvalue weighted by molar-refractivity contribution is 0.110. The van der Waals surface area contributed by atoms with Gasteiger partial charge in [-0.1, -0.05) is 54.6 Å². The highest BCUT2D eigenvalue weighted by molar-refractivity contribution is 5.63. The Labute approximate surface area is 161 Å². The van der Waals surface area contributed by atoms with Crippen molar-refractivity contribution in [2.24, 2.45) is 5.41 Å². The Morgan fingerprint density at radius 3 is 2.44 bits per heavy atom. The summed E-state index contributed by atoms with van der Waals surface area (Å²) in [5.41, 5.74) is 4.02. The van der Waals surface area contributed by atoms with Crippen LogP contribution in [0.2, 0.25) is 0 Å². The molecular formula is C24H26N2O. The van der Waals surface area contributed by atoms with Gasteiger partial charge in [-0.2, -0.15) is 0 Å². The van der Waals surface area contributed by atoms with Gasteiger partial charge in [0.1, 0.15) is 5.75 Å². The molecule has 1 saturated heterocycles. The van der Waals surface area contributed by atoms with Crippen LogP contribution in [0.15, 0.2) is 79.1 Å². The van der Waals surface area contributed by atoms with Crippen molar-refractivity contribution >= 4 is 0 Å². The largest absolute Gasteiger partial charge is 0.491 e. The first-order valence-corrected chi connectivity index (χ1v) is 9.71. The quantitative estimate of drug-likeness (QED) is 0.691. The smallest absolute Gasteiger partial charge is 0.137 e. The van der Waals surface area contributed by atoms with Crippen LogP contribution >= 0.6 is 0 Å². The summed E-state index contributed by atoms with van der Waals surface area (Å²) in [5, 5.41) is 3.57. The molecule has 0 bridgehead atoms. The van der Waals surface area contributed by atoms with Gasteiger partial charge < -0.3 is 10.1 Å². The molecule has 1 unspecified atom stereocenters. The van der Waals surface area contributed by atoms with Gasteiger partial charge in [0.05, 0.1) is 12.8 Å². The summed E-state index contributed by atoms with van der Waals surface area (Å²) in [6, 6.07) is 23.4. The third kappa shape index (κ3) is 4.55. The van der Waals surface area contributed by atoms with Gasteiger partial charge in [0, 0.05) is 18.2 Å². The molecule has 3 aromatic rings.